The average Bonchev–Trinajstić information content (AvgIpc) is 3.79. The fourth-order valence-corrected chi connectivity index (χ4v) is 8.86. The number of benzene rings is 7. The van der Waals surface area contributed by atoms with Gasteiger partial charge in [0.2, 0.25) is 0 Å². The summed E-state index contributed by atoms with van der Waals surface area (Å²) in [6, 6.07) is 39.9. The maximum Gasteiger partial charge on any atom is 0.416 e. The second kappa shape index (κ2) is 14.9. The third-order valence-corrected chi connectivity index (χ3v) is 11.7. The van der Waals surface area contributed by atoms with Gasteiger partial charge in [0.25, 0.3) is 0 Å². The number of hydrogen-bond donors (Lipinski definition) is 0. The summed E-state index contributed by atoms with van der Waals surface area (Å²) in [5, 5.41) is 13.1. The fourth-order valence-electron chi connectivity index (χ4n) is 8.86. The monoisotopic (exact) mass is 880 g/mol. The van der Waals surface area contributed by atoms with Crippen molar-refractivity contribution in [2.45, 2.75) is 25.5 Å². The van der Waals surface area contributed by atoms with E-state index in [1.54, 1.807) is 67.8 Å². The zero-order valence-corrected chi connectivity index (χ0v) is 33.7. The van der Waals surface area contributed by atoms with Crippen molar-refractivity contribution in [2.24, 2.45) is 0 Å². The van der Waals surface area contributed by atoms with Crippen LogP contribution in [0.5, 0.6) is 0 Å². The molecule has 65 heavy (non-hydrogen) atoms. The molecule has 0 aliphatic heterocycles. The van der Waals surface area contributed by atoms with Gasteiger partial charge in [-0.2, -0.15) is 44.8 Å². The van der Waals surface area contributed by atoms with Gasteiger partial charge in [0.05, 0.1) is 61.8 Å². The molecule has 0 radical (unpaired) electrons. The Kier molecular flexibility index (Phi) is 9.42. The van der Waals surface area contributed by atoms with Gasteiger partial charge in [-0.1, -0.05) is 54.6 Å². The molecule has 7 aromatic carbocycles. The lowest BCUT2D eigenvalue weighted by molar-refractivity contribution is -0.143. The van der Waals surface area contributed by atoms with Crippen LogP contribution in [0.15, 0.2) is 158 Å². The quantitative estimate of drug-likeness (QED) is 0.162. The maximum atomic E-state index is 13.9. The normalized spacial score (nSPS) is 12.4. The van der Waals surface area contributed by atoms with Crippen LogP contribution in [0, 0.1) is 18.3 Å². The van der Waals surface area contributed by atoms with Gasteiger partial charge in [-0.3, -0.25) is 4.98 Å². The van der Waals surface area contributed by atoms with E-state index in [4.69, 9.17) is 0 Å². The van der Waals surface area contributed by atoms with Gasteiger partial charge in [0.15, 0.2) is 0 Å². The van der Waals surface area contributed by atoms with Gasteiger partial charge in [-0.05, 0) is 126 Å². The van der Waals surface area contributed by atoms with Crippen molar-refractivity contribution in [2.75, 3.05) is 0 Å². The minimum absolute atomic E-state index is 0.104. The zero-order valence-electron chi connectivity index (χ0n) is 33.7. The van der Waals surface area contributed by atoms with E-state index in [1.165, 1.54) is 6.07 Å². The number of aryl methyl sites for hydroxylation is 1. The first-order chi connectivity index (χ1) is 31.0. The van der Waals surface area contributed by atoms with Crippen LogP contribution < -0.4 is 0 Å². The van der Waals surface area contributed by atoms with E-state index >= 15 is 0 Å². The molecule has 10 rings (SSSR count). The van der Waals surface area contributed by atoms with Gasteiger partial charge >= 0.3 is 18.5 Å². The second-order valence-electron chi connectivity index (χ2n) is 15.8. The first kappa shape index (κ1) is 41.2. The van der Waals surface area contributed by atoms with Crippen LogP contribution >= 0.6 is 0 Å². The van der Waals surface area contributed by atoms with Crippen LogP contribution in [0.2, 0.25) is 0 Å². The summed E-state index contributed by atoms with van der Waals surface area (Å²) >= 11 is 0. The van der Waals surface area contributed by atoms with Gasteiger partial charge in [-0.25, -0.2) is 0 Å². The minimum Gasteiger partial charge on any atom is -0.309 e. The van der Waals surface area contributed by atoms with Crippen molar-refractivity contribution < 1.29 is 39.5 Å². The molecule has 3 aromatic heterocycles. The summed E-state index contributed by atoms with van der Waals surface area (Å²) in [6.07, 6.45) is -11.3. The lowest BCUT2D eigenvalue weighted by Crippen LogP contribution is -2.11. The molecule has 0 saturated carbocycles. The molecule has 0 aliphatic carbocycles. The predicted molar refractivity (Wildman–Crippen MR) is 234 cm³/mol. The zero-order chi connectivity index (χ0) is 45.6. The summed E-state index contributed by atoms with van der Waals surface area (Å²) in [7, 11) is 0. The number of rotatable bonds is 5. The van der Waals surface area contributed by atoms with Crippen LogP contribution in [-0.2, 0) is 18.5 Å². The number of para-hydroxylation sites is 2. The third-order valence-electron chi connectivity index (χ3n) is 11.7. The Labute approximate surface area is 363 Å². The number of alkyl halides is 9. The summed E-state index contributed by atoms with van der Waals surface area (Å²) in [4.78, 5) is 4.51. The molecule has 10 aromatic rings. The van der Waals surface area contributed by atoms with Crippen molar-refractivity contribution in [1.29, 1.82) is 5.26 Å². The molecule has 4 nitrogen and oxygen atoms in total. The van der Waals surface area contributed by atoms with Crippen LogP contribution in [0.3, 0.4) is 0 Å². The SMILES string of the molecule is Cc1cc(-c2ccc3c(c2)c2ccccc2n3-c2ccc(C#N)cc2-c2cnccc2-n2c3ccccc3c3cc(-c4cc(C(F)(F)F)cc(C(F)(F)F)c4)ccc32)cc(C(F)(F)F)c1. The molecule has 13 heteroatoms. The molecular weight excluding hydrogens is 852 g/mol. The Bertz CT molecular complexity index is 3570. The molecular formula is C52H29F9N4. The van der Waals surface area contributed by atoms with Crippen molar-refractivity contribution >= 4 is 43.6 Å². The van der Waals surface area contributed by atoms with E-state index in [0.717, 1.165) is 33.9 Å². The Balaban J connectivity index is 1.18. The second-order valence-corrected chi connectivity index (χ2v) is 15.8. The van der Waals surface area contributed by atoms with Crippen molar-refractivity contribution in [1.82, 2.24) is 14.1 Å². The van der Waals surface area contributed by atoms with E-state index in [1.807, 2.05) is 69.8 Å². The Morgan fingerprint density at radius 1 is 0.446 bits per heavy atom. The number of halogens is 9. The lowest BCUT2D eigenvalue weighted by Gasteiger charge is -2.18. The molecule has 0 amide bonds. The molecule has 3 heterocycles. The lowest BCUT2D eigenvalue weighted by atomic mass is 9.97. The predicted octanol–water partition coefficient (Wildman–Crippen LogP) is 15.5. The number of nitriles is 1. The molecule has 0 saturated heterocycles. The van der Waals surface area contributed by atoms with Gasteiger partial charge in [0.1, 0.15) is 0 Å². The number of aromatic nitrogens is 3. The van der Waals surface area contributed by atoms with Crippen LogP contribution in [-0.4, -0.2) is 14.1 Å². The van der Waals surface area contributed by atoms with Crippen molar-refractivity contribution in [3.8, 4) is 50.8 Å². The molecule has 320 valence electrons. The topological polar surface area (TPSA) is 46.5 Å². The number of hydrogen-bond acceptors (Lipinski definition) is 2. The highest BCUT2D eigenvalue weighted by Crippen LogP contribution is 2.44. The number of fused-ring (bicyclic) bond motifs is 6. The van der Waals surface area contributed by atoms with E-state index in [9.17, 15) is 44.8 Å². The van der Waals surface area contributed by atoms with Gasteiger partial charge in [-0.15, -0.1) is 0 Å². The summed E-state index contributed by atoms with van der Waals surface area (Å²) < 4.78 is 129. The van der Waals surface area contributed by atoms with Gasteiger partial charge in [0, 0.05) is 45.1 Å². The maximum absolute atomic E-state index is 13.9. The molecule has 0 fully saturated rings. The molecule has 0 unspecified atom stereocenters. The highest BCUT2D eigenvalue weighted by atomic mass is 19.4. The Hall–Kier alpha value is -7.85. The molecule has 0 aliphatic rings. The highest BCUT2D eigenvalue weighted by Gasteiger charge is 2.37. The fraction of sp³-hybridized carbons (Fsp3) is 0.0769. The number of nitrogens with zero attached hydrogens (tertiary/aromatic N) is 4. The molecule has 0 atom stereocenters. The first-order valence-corrected chi connectivity index (χ1v) is 20.0. The smallest absolute Gasteiger partial charge is 0.309 e. The summed E-state index contributed by atoms with van der Waals surface area (Å²) in [5.74, 6) is 0. The van der Waals surface area contributed by atoms with Crippen LogP contribution in [0.25, 0.3) is 88.4 Å². The van der Waals surface area contributed by atoms with E-state index in [-0.39, 0.29) is 17.2 Å². The average molecular weight is 881 g/mol. The molecule has 0 bridgehead atoms. The molecule has 0 spiro atoms. The molecule has 0 N–H and O–H groups in total. The van der Waals surface area contributed by atoms with E-state index in [0.29, 0.717) is 78.7 Å². The largest absolute Gasteiger partial charge is 0.416 e. The summed E-state index contributed by atoms with van der Waals surface area (Å²) in [6.45, 7) is 1.62. The first-order valence-electron chi connectivity index (χ1n) is 20.0. The number of pyridine rings is 1. The standard InChI is InChI=1S/C52H29F9N4/c1-29-18-33(21-35(19-29)50(53,54)55)31-11-14-47-41(24-31)38-6-2-4-8-44(38)64(47)46-13-10-30(27-62)20-40(46)43-28-63-17-16-49(43)65-45-9-5-3-7-39(45)42-25-32(12-15-48(42)65)34-22-36(51(56,57)58)26-37(23-34)52(59,60)61/h2-26,28H,1H3. The van der Waals surface area contributed by atoms with Crippen molar-refractivity contribution in [3.05, 3.63) is 186 Å². The Morgan fingerprint density at radius 3 is 1.45 bits per heavy atom. The van der Waals surface area contributed by atoms with E-state index < -0.39 is 35.2 Å². The van der Waals surface area contributed by atoms with E-state index in [2.05, 4.69) is 11.1 Å². The third kappa shape index (κ3) is 7.11. The van der Waals surface area contributed by atoms with Crippen molar-refractivity contribution in [3.63, 3.8) is 0 Å². The summed E-state index contributed by atoms with van der Waals surface area (Å²) in [5.41, 5.74) is 3.35. The van der Waals surface area contributed by atoms with Gasteiger partial charge < -0.3 is 9.13 Å². The minimum atomic E-state index is -5.02. The van der Waals surface area contributed by atoms with Crippen LogP contribution in [0.4, 0.5) is 39.5 Å². The Morgan fingerprint density at radius 2 is 0.923 bits per heavy atom. The van der Waals surface area contributed by atoms with Crippen LogP contribution in [0.1, 0.15) is 27.8 Å². The highest BCUT2D eigenvalue weighted by molar-refractivity contribution is 6.12.